The highest BCUT2D eigenvalue weighted by molar-refractivity contribution is 5.84. The smallest absolute Gasteiger partial charge is 0.164 e. The lowest BCUT2D eigenvalue weighted by molar-refractivity contribution is -0.130. The van der Waals surface area contributed by atoms with E-state index in [1.54, 1.807) is 6.92 Å². The topological polar surface area (TPSA) is 37.3 Å². The van der Waals surface area contributed by atoms with Crippen molar-refractivity contribution in [2.45, 2.75) is 51.6 Å². The van der Waals surface area contributed by atoms with Crippen LogP contribution in [-0.2, 0) is 4.79 Å². The minimum absolute atomic E-state index is 0.0527. The molecule has 1 fully saturated rings. The van der Waals surface area contributed by atoms with Crippen LogP contribution in [0.25, 0.3) is 0 Å². The second kappa shape index (κ2) is 4.61. The number of hydrogen-bond acceptors (Lipinski definition) is 2. The van der Waals surface area contributed by atoms with Crippen molar-refractivity contribution < 1.29 is 9.90 Å². The second-order valence-electron chi connectivity index (χ2n) is 3.77. The van der Waals surface area contributed by atoms with Gasteiger partial charge in [-0.3, -0.25) is 4.79 Å². The fourth-order valence-electron chi connectivity index (χ4n) is 1.90. The minimum Gasteiger partial charge on any atom is -0.386 e. The van der Waals surface area contributed by atoms with Gasteiger partial charge >= 0.3 is 0 Å². The highest BCUT2D eigenvalue weighted by Crippen LogP contribution is 2.24. The summed E-state index contributed by atoms with van der Waals surface area (Å²) < 4.78 is 0. The number of hydrogen-bond donors (Lipinski definition) is 1. The van der Waals surface area contributed by atoms with Gasteiger partial charge in [-0.2, -0.15) is 0 Å². The molecule has 0 amide bonds. The van der Waals surface area contributed by atoms with E-state index >= 15 is 0 Å². The summed E-state index contributed by atoms with van der Waals surface area (Å²) >= 11 is 0. The molecule has 12 heavy (non-hydrogen) atoms. The molecule has 0 spiro atoms. The van der Waals surface area contributed by atoms with E-state index in [1.165, 1.54) is 12.8 Å². The van der Waals surface area contributed by atoms with Gasteiger partial charge in [0.2, 0.25) is 0 Å². The van der Waals surface area contributed by atoms with Gasteiger partial charge in [-0.1, -0.05) is 25.7 Å². The third kappa shape index (κ3) is 2.59. The normalized spacial score (nSPS) is 23.2. The molecule has 1 rings (SSSR count). The average Bonchev–Trinajstić information content (AvgIpc) is 2.30. The molecule has 1 aliphatic rings. The Morgan fingerprint density at radius 1 is 1.25 bits per heavy atom. The van der Waals surface area contributed by atoms with Crippen molar-refractivity contribution in [3.8, 4) is 0 Å². The third-order valence-electron chi connectivity index (χ3n) is 2.67. The maximum absolute atomic E-state index is 11.4. The zero-order valence-electron chi connectivity index (χ0n) is 7.75. The minimum atomic E-state index is -0.756. The first-order chi connectivity index (χ1) is 5.72. The standard InChI is InChI=1S/C10H18O2/c1-8(11)10(12)9-6-4-2-3-5-7-9/h8-9,11H,2-7H2,1H3. The number of ketones is 1. The number of Topliss-reactive ketones (excluding diaryl/α,β-unsaturated/α-hetero) is 1. The van der Waals surface area contributed by atoms with Crippen molar-refractivity contribution in [1.29, 1.82) is 0 Å². The maximum atomic E-state index is 11.4. The van der Waals surface area contributed by atoms with Crippen molar-refractivity contribution in [2.24, 2.45) is 5.92 Å². The van der Waals surface area contributed by atoms with Crippen molar-refractivity contribution in [3.05, 3.63) is 0 Å². The summed E-state index contributed by atoms with van der Waals surface area (Å²) in [5.74, 6) is 0.199. The lowest BCUT2D eigenvalue weighted by Gasteiger charge is -2.13. The predicted octanol–water partition coefficient (Wildman–Crippen LogP) is 1.91. The van der Waals surface area contributed by atoms with Crippen LogP contribution < -0.4 is 0 Å². The molecule has 0 aliphatic heterocycles. The van der Waals surface area contributed by atoms with Crippen molar-refractivity contribution in [1.82, 2.24) is 0 Å². The fraction of sp³-hybridized carbons (Fsp3) is 0.900. The zero-order chi connectivity index (χ0) is 8.97. The monoisotopic (exact) mass is 170 g/mol. The molecule has 0 bridgehead atoms. The van der Waals surface area contributed by atoms with E-state index in [0.29, 0.717) is 0 Å². The van der Waals surface area contributed by atoms with Crippen LogP contribution in [0.15, 0.2) is 0 Å². The summed E-state index contributed by atoms with van der Waals surface area (Å²) in [6.45, 7) is 1.58. The Hall–Kier alpha value is -0.370. The Labute approximate surface area is 74.0 Å². The molecule has 1 unspecified atom stereocenters. The van der Waals surface area contributed by atoms with Gasteiger partial charge in [0.1, 0.15) is 6.10 Å². The summed E-state index contributed by atoms with van der Waals surface area (Å²) in [6, 6.07) is 0. The van der Waals surface area contributed by atoms with Crippen LogP contribution in [0.5, 0.6) is 0 Å². The summed E-state index contributed by atoms with van der Waals surface area (Å²) in [5.41, 5.74) is 0. The van der Waals surface area contributed by atoms with Gasteiger partial charge in [0.15, 0.2) is 5.78 Å². The van der Waals surface area contributed by atoms with Crippen LogP contribution in [0.2, 0.25) is 0 Å². The molecule has 0 radical (unpaired) electrons. The first kappa shape index (κ1) is 9.72. The van der Waals surface area contributed by atoms with Crippen molar-refractivity contribution >= 4 is 5.78 Å². The van der Waals surface area contributed by atoms with Gasteiger partial charge in [0.25, 0.3) is 0 Å². The summed E-state index contributed by atoms with van der Waals surface area (Å²) in [6.07, 6.45) is 6.04. The van der Waals surface area contributed by atoms with Crippen LogP contribution >= 0.6 is 0 Å². The number of aliphatic hydroxyl groups is 1. The van der Waals surface area contributed by atoms with E-state index in [2.05, 4.69) is 0 Å². The van der Waals surface area contributed by atoms with Gasteiger partial charge in [-0.15, -0.1) is 0 Å². The molecule has 2 heteroatoms. The molecule has 1 N–H and O–H groups in total. The van der Waals surface area contributed by atoms with E-state index in [9.17, 15) is 4.79 Å². The van der Waals surface area contributed by atoms with Gasteiger partial charge in [-0.05, 0) is 19.8 Å². The lowest BCUT2D eigenvalue weighted by atomic mass is 9.93. The summed E-state index contributed by atoms with van der Waals surface area (Å²) in [7, 11) is 0. The summed E-state index contributed by atoms with van der Waals surface area (Å²) in [5, 5.41) is 9.12. The Morgan fingerprint density at radius 2 is 1.75 bits per heavy atom. The zero-order valence-corrected chi connectivity index (χ0v) is 7.75. The Balaban J connectivity index is 2.43. The molecule has 0 aromatic rings. The second-order valence-corrected chi connectivity index (χ2v) is 3.77. The van der Waals surface area contributed by atoms with Crippen LogP contribution in [0.3, 0.4) is 0 Å². The highest BCUT2D eigenvalue weighted by Gasteiger charge is 2.22. The molecule has 1 atom stereocenters. The molecular weight excluding hydrogens is 152 g/mol. The van der Waals surface area contributed by atoms with E-state index in [4.69, 9.17) is 5.11 Å². The SMILES string of the molecule is CC(O)C(=O)C1CCCCCC1. The molecular formula is C10H18O2. The van der Waals surface area contributed by atoms with Crippen LogP contribution in [0.4, 0.5) is 0 Å². The van der Waals surface area contributed by atoms with Crippen LogP contribution in [0.1, 0.15) is 45.4 Å². The first-order valence-electron chi connectivity index (χ1n) is 4.93. The molecule has 1 aliphatic carbocycles. The fourth-order valence-corrected chi connectivity index (χ4v) is 1.90. The molecule has 0 aromatic heterocycles. The Morgan fingerprint density at radius 3 is 2.17 bits per heavy atom. The number of aliphatic hydroxyl groups excluding tert-OH is 1. The van der Waals surface area contributed by atoms with E-state index in [0.717, 1.165) is 25.7 Å². The van der Waals surface area contributed by atoms with Gasteiger partial charge < -0.3 is 5.11 Å². The summed E-state index contributed by atoms with van der Waals surface area (Å²) in [4.78, 5) is 11.4. The number of carbonyl (C=O) groups excluding carboxylic acids is 1. The highest BCUT2D eigenvalue weighted by atomic mass is 16.3. The lowest BCUT2D eigenvalue weighted by Crippen LogP contribution is -2.25. The largest absolute Gasteiger partial charge is 0.386 e. The molecule has 70 valence electrons. The van der Waals surface area contributed by atoms with Gasteiger partial charge in [0.05, 0.1) is 0 Å². The van der Waals surface area contributed by atoms with Crippen LogP contribution in [0, 0.1) is 5.92 Å². The quantitative estimate of drug-likeness (QED) is 0.643. The van der Waals surface area contributed by atoms with E-state index < -0.39 is 6.10 Å². The maximum Gasteiger partial charge on any atom is 0.164 e. The average molecular weight is 170 g/mol. The van der Waals surface area contributed by atoms with E-state index in [-0.39, 0.29) is 11.7 Å². The first-order valence-corrected chi connectivity index (χ1v) is 4.93. The molecule has 1 saturated carbocycles. The molecule has 0 aromatic carbocycles. The molecule has 0 saturated heterocycles. The predicted molar refractivity (Wildman–Crippen MR) is 47.9 cm³/mol. The van der Waals surface area contributed by atoms with Crippen molar-refractivity contribution in [2.75, 3.05) is 0 Å². The van der Waals surface area contributed by atoms with Gasteiger partial charge in [-0.25, -0.2) is 0 Å². The Bertz CT molecular complexity index is 144. The van der Waals surface area contributed by atoms with Crippen molar-refractivity contribution in [3.63, 3.8) is 0 Å². The van der Waals surface area contributed by atoms with Crippen LogP contribution in [-0.4, -0.2) is 17.0 Å². The van der Waals surface area contributed by atoms with E-state index in [1.807, 2.05) is 0 Å². The molecule has 0 heterocycles. The van der Waals surface area contributed by atoms with Gasteiger partial charge in [0, 0.05) is 5.92 Å². The Kier molecular flexibility index (Phi) is 3.73. The third-order valence-corrected chi connectivity index (χ3v) is 2.67. The molecule has 2 nitrogen and oxygen atoms in total. The number of carbonyl (C=O) groups is 1. The number of rotatable bonds is 2.